The molecule has 1 amide bonds. The molecule has 1 heterocycles. The van der Waals surface area contributed by atoms with Crippen LogP contribution in [0.15, 0.2) is 58.8 Å². The lowest BCUT2D eigenvalue weighted by Crippen LogP contribution is -2.26. The molecule has 0 saturated heterocycles. The predicted molar refractivity (Wildman–Crippen MR) is 105 cm³/mol. The van der Waals surface area contributed by atoms with Gasteiger partial charge in [-0.05, 0) is 41.6 Å². The molecule has 10 heteroatoms. The fraction of sp³-hybridized carbons (Fsp3) is 0.167. The summed E-state index contributed by atoms with van der Waals surface area (Å²) >= 11 is 7.09. The maximum atomic E-state index is 12.7. The van der Waals surface area contributed by atoms with Crippen LogP contribution in [-0.2, 0) is 13.6 Å². The maximum absolute atomic E-state index is 12.7. The van der Waals surface area contributed by atoms with Crippen molar-refractivity contribution in [3.8, 4) is 0 Å². The minimum Gasteiger partial charge on any atom is -0.337 e. The number of halogens is 1. The van der Waals surface area contributed by atoms with Crippen LogP contribution in [-0.4, -0.2) is 37.5 Å². The standard InChI is InChI=1S/C18H16ClN5O3S/c1-22(10-12-4-3-5-14(19)8-12)17(25)13-6-7-16(15(9-13)24(26)27)28-18-21-20-11-23(18)2/h3-9,11H,10H2,1-2H3. The lowest BCUT2D eigenvalue weighted by Gasteiger charge is -2.17. The summed E-state index contributed by atoms with van der Waals surface area (Å²) in [5.74, 6) is -0.321. The lowest BCUT2D eigenvalue weighted by atomic mass is 10.1. The minimum atomic E-state index is -0.507. The van der Waals surface area contributed by atoms with E-state index in [1.807, 2.05) is 6.07 Å². The van der Waals surface area contributed by atoms with Crippen molar-refractivity contribution in [2.45, 2.75) is 16.6 Å². The monoisotopic (exact) mass is 417 g/mol. The van der Waals surface area contributed by atoms with Crippen molar-refractivity contribution in [3.63, 3.8) is 0 Å². The van der Waals surface area contributed by atoms with E-state index in [0.717, 1.165) is 17.3 Å². The van der Waals surface area contributed by atoms with Crippen LogP contribution < -0.4 is 0 Å². The van der Waals surface area contributed by atoms with Crippen LogP contribution in [0.3, 0.4) is 0 Å². The van der Waals surface area contributed by atoms with Crippen molar-refractivity contribution in [3.05, 3.63) is 75.1 Å². The van der Waals surface area contributed by atoms with Gasteiger partial charge in [-0.1, -0.05) is 23.7 Å². The average molecular weight is 418 g/mol. The van der Waals surface area contributed by atoms with E-state index in [2.05, 4.69) is 10.2 Å². The number of carbonyl (C=O) groups is 1. The smallest absolute Gasteiger partial charge is 0.284 e. The Balaban J connectivity index is 1.83. The van der Waals surface area contributed by atoms with Gasteiger partial charge in [0, 0.05) is 37.3 Å². The highest BCUT2D eigenvalue weighted by molar-refractivity contribution is 7.99. The summed E-state index contributed by atoms with van der Waals surface area (Å²) in [6.45, 7) is 0.336. The molecule has 0 N–H and O–H groups in total. The highest BCUT2D eigenvalue weighted by Gasteiger charge is 2.21. The normalized spacial score (nSPS) is 10.7. The summed E-state index contributed by atoms with van der Waals surface area (Å²) in [4.78, 5) is 25.6. The third kappa shape index (κ3) is 4.49. The molecule has 0 radical (unpaired) electrons. The molecule has 3 rings (SSSR count). The van der Waals surface area contributed by atoms with E-state index in [4.69, 9.17) is 11.6 Å². The largest absolute Gasteiger partial charge is 0.337 e. The van der Waals surface area contributed by atoms with Crippen molar-refractivity contribution >= 4 is 35.0 Å². The average Bonchev–Trinajstić information content (AvgIpc) is 3.06. The number of nitro benzene ring substituents is 1. The Hall–Kier alpha value is -2.91. The van der Waals surface area contributed by atoms with Crippen molar-refractivity contribution in [2.75, 3.05) is 7.05 Å². The first kappa shape index (κ1) is 19.8. The van der Waals surface area contributed by atoms with Gasteiger partial charge in [-0.25, -0.2) is 0 Å². The van der Waals surface area contributed by atoms with Crippen LogP contribution in [0.25, 0.3) is 0 Å². The van der Waals surface area contributed by atoms with E-state index in [0.29, 0.717) is 21.6 Å². The molecule has 8 nitrogen and oxygen atoms in total. The van der Waals surface area contributed by atoms with Gasteiger partial charge >= 0.3 is 0 Å². The Labute approximate surface area is 170 Å². The molecule has 0 aliphatic rings. The van der Waals surface area contributed by atoms with E-state index in [-0.39, 0.29) is 17.2 Å². The molecular weight excluding hydrogens is 402 g/mol. The van der Waals surface area contributed by atoms with Gasteiger partial charge in [-0.3, -0.25) is 14.9 Å². The van der Waals surface area contributed by atoms with Crippen molar-refractivity contribution in [1.29, 1.82) is 0 Å². The zero-order chi connectivity index (χ0) is 20.3. The molecule has 1 aromatic heterocycles. The zero-order valence-corrected chi connectivity index (χ0v) is 16.6. The molecule has 0 aliphatic heterocycles. The molecule has 2 aromatic carbocycles. The second-order valence-electron chi connectivity index (χ2n) is 6.06. The molecule has 0 aliphatic carbocycles. The number of carbonyl (C=O) groups excluding carboxylic acids is 1. The number of hydrogen-bond acceptors (Lipinski definition) is 6. The first-order valence-electron chi connectivity index (χ1n) is 8.15. The van der Waals surface area contributed by atoms with E-state index in [1.165, 1.54) is 17.3 Å². The van der Waals surface area contributed by atoms with Gasteiger partial charge in [-0.2, -0.15) is 0 Å². The third-order valence-corrected chi connectivity index (χ3v) is 5.28. The highest BCUT2D eigenvalue weighted by atomic mass is 35.5. The number of aryl methyl sites for hydroxylation is 1. The summed E-state index contributed by atoms with van der Waals surface area (Å²) in [6.07, 6.45) is 1.51. The number of nitrogens with zero attached hydrogens (tertiary/aromatic N) is 5. The van der Waals surface area contributed by atoms with Gasteiger partial charge in [0.15, 0.2) is 5.16 Å². The van der Waals surface area contributed by atoms with E-state index in [1.54, 1.807) is 49.0 Å². The van der Waals surface area contributed by atoms with E-state index < -0.39 is 4.92 Å². The molecule has 0 fully saturated rings. The van der Waals surface area contributed by atoms with E-state index >= 15 is 0 Å². The van der Waals surface area contributed by atoms with Gasteiger partial charge < -0.3 is 9.47 Å². The fourth-order valence-electron chi connectivity index (χ4n) is 2.54. The number of aromatic nitrogens is 3. The number of hydrogen-bond donors (Lipinski definition) is 0. The zero-order valence-electron chi connectivity index (χ0n) is 15.1. The van der Waals surface area contributed by atoms with Crippen molar-refractivity contribution in [1.82, 2.24) is 19.7 Å². The van der Waals surface area contributed by atoms with Crippen LogP contribution in [0.4, 0.5) is 5.69 Å². The molecular formula is C18H16ClN5O3S. The molecule has 144 valence electrons. The highest BCUT2D eigenvalue weighted by Crippen LogP contribution is 2.34. The Morgan fingerprint density at radius 1 is 1.32 bits per heavy atom. The number of nitro groups is 1. The van der Waals surface area contributed by atoms with Gasteiger partial charge in [0.1, 0.15) is 6.33 Å². The van der Waals surface area contributed by atoms with Crippen LogP contribution in [0.2, 0.25) is 5.02 Å². The van der Waals surface area contributed by atoms with Crippen molar-refractivity contribution in [2.24, 2.45) is 7.05 Å². The van der Waals surface area contributed by atoms with Crippen molar-refractivity contribution < 1.29 is 9.72 Å². The van der Waals surface area contributed by atoms with Crippen LogP contribution in [0.1, 0.15) is 15.9 Å². The molecule has 28 heavy (non-hydrogen) atoms. The predicted octanol–water partition coefficient (Wildman–Crippen LogP) is 3.80. The van der Waals surface area contributed by atoms with Gasteiger partial charge in [0.25, 0.3) is 11.6 Å². The quantitative estimate of drug-likeness (QED) is 0.447. The summed E-state index contributed by atoms with van der Waals surface area (Å²) in [6, 6.07) is 11.6. The molecule has 0 spiro atoms. The fourth-order valence-corrected chi connectivity index (χ4v) is 3.61. The molecule has 0 unspecified atom stereocenters. The van der Waals surface area contributed by atoms with E-state index in [9.17, 15) is 14.9 Å². The molecule has 0 bridgehead atoms. The van der Waals surface area contributed by atoms with Crippen LogP contribution in [0, 0.1) is 10.1 Å². The summed E-state index contributed by atoms with van der Waals surface area (Å²) < 4.78 is 1.66. The number of rotatable bonds is 6. The Morgan fingerprint density at radius 3 is 2.75 bits per heavy atom. The van der Waals surface area contributed by atoms with Gasteiger partial charge in [-0.15, -0.1) is 10.2 Å². The lowest BCUT2D eigenvalue weighted by molar-refractivity contribution is -0.387. The summed E-state index contributed by atoms with van der Waals surface area (Å²) in [5.41, 5.74) is 0.945. The second kappa shape index (κ2) is 8.41. The summed E-state index contributed by atoms with van der Waals surface area (Å²) in [5, 5.41) is 20.3. The summed E-state index contributed by atoms with van der Waals surface area (Å²) in [7, 11) is 3.38. The van der Waals surface area contributed by atoms with Crippen LogP contribution >= 0.6 is 23.4 Å². The Morgan fingerprint density at radius 2 is 2.11 bits per heavy atom. The van der Waals surface area contributed by atoms with Gasteiger partial charge in [0.2, 0.25) is 0 Å². The molecule has 0 atom stereocenters. The molecule has 0 saturated carbocycles. The minimum absolute atomic E-state index is 0.157. The van der Waals surface area contributed by atoms with Gasteiger partial charge in [0.05, 0.1) is 9.82 Å². The number of benzene rings is 2. The molecule has 3 aromatic rings. The second-order valence-corrected chi connectivity index (χ2v) is 7.50. The first-order chi connectivity index (χ1) is 13.3. The SMILES string of the molecule is CN(Cc1cccc(Cl)c1)C(=O)c1ccc(Sc2nncn2C)c([N+](=O)[O-])c1. The van der Waals surface area contributed by atoms with Crippen LogP contribution in [0.5, 0.6) is 0 Å². The maximum Gasteiger partial charge on any atom is 0.284 e. The number of amides is 1. The topological polar surface area (TPSA) is 94.2 Å². The Kier molecular flexibility index (Phi) is 5.96. The first-order valence-corrected chi connectivity index (χ1v) is 9.35. The Bertz CT molecular complexity index is 1040. The third-order valence-electron chi connectivity index (χ3n) is 3.93.